The van der Waals surface area contributed by atoms with Gasteiger partial charge in [0.15, 0.2) is 0 Å². The highest BCUT2D eigenvalue weighted by Crippen LogP contribution is 2.51. The summed E-state index contributed by atoms with van der Waals surface area (Å²) in [6, 6.07) is 57.6. The van der Waals surface area contributed by atoms with Gasteiger partial charge in [-0.15, -0.1) is 0 Å². The lowest BCUT2D eigenvalue weighted by Gasteiger charge is -2.23. The van der Waals surface area contributed by atoms with Crippen molar-refractivity contribution in [1.29, 1.82) is 0 Å². The van der Waals surface area contributed by atoms with Gasteiger partial charge in [0.05, 0.1) is 0 Å². The molecule has 0 atom stereocenters. The normalized spacial score (nSPS) is 13.5. The Labute approximate surface area is 280 Å². The zero-order valence-corrected chi connectivity index (χ0v) is 26.9. The Kier molecular flexibility index (Phi) is 5.69. The highest BCUT2D eigenvalue weighted by molar-refractivity contribution is 6.10. The van der Waals surface area contributed by atoms with E-state index in [0.29, 0.717) is 0 Å². The third-order valence-electron chi connectivity index (χ3n) is 10.7. The van der Waals surface area contributed by atoms with Crippen LogP contribution in [0.2, 0.25) is 0 Å². The lowest BCUT2D eigenvalue weighted by molar-refractivity contribution is 0.487. The van der Waals surface area contributed by atoms with Crippen molar-refractivity contribution in [1.82, 2.24) is 0 Å². The molecular weight excluding hydrogens is 581 g/mol. The summed E-state index contributed by atoms with van der Waals surface area (Å²) in [6.07, 6.45) is 0. The van der Waals surface area contributed by atoms with Crippen molar-refractivity contribution in [3.05, 3.63) is 169 Å². The quantitative estimate of drug-likeness (QED) is 0.193. The molecule has 226 valence electrons. The average Bonchev–Trinajstić information content (AvgIpc) is 3.36. The van der Waals surface area contributed by atoms with Crippen molar-refractivity contribution in [3.8, 4) is 67.1 Å². The Balaban J connectivity index is 1.01. The first-order valence-electron chi connectivity index (χ1n) is 16.8. The van der Waals surface area contributed by atoms with E-state index in [4.69, 9.17) is 4.74 Å². The second kappa shape index (κ2) is 10.0. The molecule has 1 aliphatic heterocycles. The number of hydrogen-bond acceptors (Lipinski definition) is 1. The summed E-state index contributed by atoms with van der Waals surface area (Å²) in [6.45, 7) is 4.70. The molecule has 2 aliphatic rings. The molecule has 1 nitrogen and oxygen atoms in total. The number of ether oxygens (including phenoxy) is 1. The summed E-state index contributed by atoms with van der Waals surface area (Å²) in [5.41, 5.74) is 15.1. The number of fused-ring (bicyclic) bond motifs is 6. The molecule has 0 spiro atoms. The van der Waals surface area contributed by atoms with E-state index in [1.54, 1.807) is 0 Å². The fourth-order valence-corrected chi connectivity index (χ4v) is 8.16. The molecule has 0 saturated heterocycles. The standard InChI is InChI=1S/C47H32O/c1-47(2)42-14-7-6-11-37(42)41-26-33-20-19-32(25-35(33)27-43(41)47)30-15-17-31(18-16-30)36-23-24-44-46-39(36)12-8-13-40(46)38-22-21-34(28-45(38)48-44)29-9-4-3-5-10-29/h3-28H,1-2H3. The van der Waals surface area contributed by atoms with Gasteiger partial charge in [0.1, 0.15) is 11.5 Å². The molecule has 1 heterocycles. The maximum atomic E-state index is 6.57. The molecule has 0 aromatic heterocycles. The van der Waals surface area contributed by atoms with Gasteiger partial charge in [-0.3, -0.25) is 0 Å². The Morgan fingerprint density at radius 2 is 1.06 bits per heavy atom. The average molecular weight is 613 g/mol. The van der Waals surface area contributed by atoms with E-state index >= 15 is 0 Å². The zero-order chi connectivity index (χ0) is 32.0. The number of hydrogen-bond donors (Lipinski definition) is 0. The van der Waals surface area contributed by atoms with Gasteiger partial charge in [0.2, 0.25) is 0 Å². The molecular formula is C47H32O. The second-order valence-corrected chi connectivity index (χ2v) is 13.7. The fraction of sp³-hybridized carbons (Fsp3) is 0.0638. The van der Waals surface area contributed by atoms with Crippen LogP contribution < -0.4 is 4.74 Å². The highest BCUT2D eigenvalue weighted by atomic mass is 16.5. The van der Waals surface area contributed by atoms with Crippen molar-refractivity contribution in [2.45, 2.75) is 19.3 Å². The smallest absolute Gasteiger partial charge is 0.135 e. The highest BCUT2D eigenvalue weighted by Gasteiger charge is 2.35. The van der Waals surface area contributed by atoms with E-state index in [0.717, 1.165) is 22.6 Å². The Morgan fingerprint density at radius 3 is 1.94 bits per heavy atom. The summed E-state index contributed by atoms with van der Waals surface area (Å²) >= 11 is 0. The molecule has 10 rings (SSSR count). The third-order valence-corrected chi connectivity index (χ3v) is 10.7. The molecule has 8 aromatic carbocycles. The van der Waals surface area contributed by atoms with Gasteiger partial charge in [0.25, 0.3) is 0 Å². The van der Waals surface area contributed by atoms with Crippen LogP contribution in [0.1, 0.15) is 25.0 Å². The molecule has 0 bridgehead atoms. The molecule has 0 saturated carbocycles. The molecule has 1 heteroatoms. The first kappa shape index (κ1) is 27.2. The molecule has 1 aliphatic carbocycles. The summed E-state index contributed by atoms with van der Waals surface area (Å²) < 4.78 is 6.57. The van der Waals surface area contributed by atoms with Gasteiger partial charge in [-0.05, 0) is 114 Å². The predicted octanol–water partition coefficient (Wildman–Crippen LogP) is 13.1. The van der Waals surface area contributed by atoms with E-state index in [9.17, 15) is 0 Å². The molecule has 8 aromatic rings. The lowest BCUT2D eigenvalue weighted by atomic mass is 9.82. The summed E-state index contributed by atoms with van der Waals surface area (Å²) in [4.78, 5) is 0. The summed E-state index contributed by atoms with van der Waals surface area (Å²) in [7, 11) is 0. The van der Waals surface area contributed by atoms with Crippen LogP contribution in [0.15, 0.2) is 158 Å². The lowest BCUT2D eigenvalue weighted by Crippen LogP contribution is -2.14. The van der Waals surface area contributed by atoms with Crippen LogP contribution in [0.25, 0.3) is 77.2 Å². The molecule has 0 radical (unpaired) electrons. The van der Waals surface area contributed by atoms with Crippen LogP contribution in [0.3, 0.4) is 0 Å². The first-order chi connectivity index (χ1) is 23.5. The fourth-order valence-electron chi connectivity index (χ4n) is 8.16. The van der Waals surface area contributed by atoms with Crippen LogP contribution in [-0.4, -0.2) is 0 Å². The van der Waals surface area contributed by atoms with E-state index in [2.05, 4.69) is 166 Å². The van der Waals surface area contributed by atoms with Crippen LogP contribution in [-0.2, 0) is 5.41 Å². The maximum absolute atomic E-state index is 6.57. The van der Waals surface area contributed by atoms with Crippen molar-refractivity contribution in [2.75, 3.05) is 0 Å². The Hall–Kier alpha value is -5.92. The van der Waals surface area contributed by atoms with Gasteiger partial charge in [-0.1, -0.05) is 135 Å². The van der Waals surface area contributed by atoms with Crippen molar-refractivity contribution >= 4 is 21.5 Å². The minimum Gasteiger partial charge on any atom is -0.456 e. The molecule has 0 amide bonds. The predicted molar refractivity (Wildman–Crippen MR) is 201 cm³/mol. The van der Waals surface area contributed by atoms with E-state index in [1.165, 1.54) is 77.2 Å². The van der Waals surface area contributed by atoms with Gasteiger partial charge in [-0.2, -0.15) is 0 Å². The third kappa shape index (κ3) is 3.98. The Bertz CT molecular complexity index is 2590. The van der Waals surface area contributed by atoms with Gasteiger partial charge < -0.3 is 4.74 Å². The van der Waals surface area contributed by atoms with Crippen LogP contribution in [0.4, 0.5) is 0 Å². The van der Waals surface area contributed by atoms with Crippen molar-refractivity contribution in [2.24, 2.45) is 0 Å². The second-order valence-electron chi connectivity index (χ2n) is 13.7. The van der Waals surface area contributed by atoms with Gasteiger partial charge in [0, 0.05) is 16.4 Å². The van der Waals surface area contributed by atoms with Crippen LogP contribution in [0, 0.1) is 0 Å². The van der Waals surface area contributed by atoms with Gasteiger partial charge >= 0.3 is 0 Å². The summed E-state index contributed by atoms with van der Waals surface area (Å²) in [5.74, 6) is 1.81. The first-order valence-corrected chi connectivity index (χ1v) is 16.8. The van der Waals surface area contributed by atoms with E-state index in [1.807, 2.05) is 6.07 Å². The molecule has 0 N–H and O–H groups in total. The molecule has 0 unspecified atom stereocenters. The maximum Gasteiger partial charge on any atom is 0.135 e. The Morgan fingerprint density at radius 1 is 0.375 bits per heavy atom. The van der Waals surface area contributed by atoms with E-state index in [-0.39, 0.29) is 5.41 Å². The van der Waals surface area contributed by atoms with Gasteiger partial charge in [-0.25, -0.2) is 0 Å². The topological polar surface area (TPSA) is 9.23 Å². The van der Waals surface area contributed by atoms with Crippen LogP contribution >= 0.6 is 0 Å². The van der Waals surface area contributed by atoms with E-state index < -0.39 is 0 Å². The number of benzene rings is 8. The minimum atomic E-state index is -0.00530. The molecule has 48 heavy (non-hydrogen) atoms. The number of rotatable bonds is 3. The summed E-state index contributed by atoms with van der Waals surface area (Å²) in [5, 5.41) is 4.95. The largest absolute Gasteiger partial charge is 0.456 e. The zero-order valence-electron chi connectivity index (χ0n) is 26.9. The SMILES string of the molecule is CC1(C)c2ccccc2-c2cc3ccc(-c4ccc(-c5ccc6c7c(cccc57)-c5ccc(-c7ccccc7)cc5O6)cc4)cc3cc21. The monoisotopic (exact) mass is 612 g/mol. The van der Waals surface area contributed by atoms with Crippen molar-refractivity contribution in [3.63, 3.8) is 0 Å². The molecule has 0 fully saturated rings. The van der Waals surface area contributed by atoms with Crippen molar-refractivity contribution < 1.29 is 4.74 Å². The minimum absolute atomic E-state index is 0.00530. The van der Waals surface area contributed by atoms with Crippen LogP contribution in [0.5, 0.6) is 11.5 Å².